The molecule has 0 aromatic rings. The Morgan fingerprint density at radius 2 is 1.53 bits per heavy atom. The molecule has 0 aliphatic carbocycles. The Balaban J connectivity index is 4.37. The van der Waals surface area contributed by atoms with Gasteiger partial charge in [0.2, 0.25) is 0 Å². The van der Waals surface area contributed by atoms with Crippen molar-refractivity contribution in [2.45, 2.75) is 54.4 Å². The van der Waals surface area contributed by atoms with Crippen LogP contribution in [0.5, 0.6) is 0 Å². The lowest BCUT2D eigenvalue weighted by atomic mass is 9.91. The molecule has 0 unspecified atom stereocenters. The Morgan fingerprint density at radius 1 is 0.933 bits per heavy atom. The number of rotatable bonds is 5. The smallest absolute Gasteiger partial charge is 0.00177 e. The topological polar surface area (TPSA) is 0 Å². The Kier molecular flexibility index (Phi) is 7.11. The zero-order valence-electron chi connectivity index (χ0n) is 11.1. The summed E-state index contributed by atoms with van der Waals surface area (Å²) in [5.74, 6) is 1.49. The van der Waals surface area contributed by atoms with Crippen LogP contribution in [0.15, 0.2) is 34.9 Å². The Bertz CT molecular complexity index is 260. The van der Waals surface area contributed by atoms with Crippen molar-refractivity contribution in [2.75, 3.05) is 0 Å². The van der Waals surface area contributed by atoms with Gasteiger partial charge in [0.05, 0.1) is 0 Å². The van der Waals surface area contributed by atoms with Crippen molar-refractivity contribution in [3.8, 4) is 0 Å². The van der Waals surface area contributed by atoms with E-state index in [1.807, 2.05) is 0 Å². The van der Waals surface area contributed by atoms with Gasteiger partial charge in [0, 0.05) is 5.92 Å². The van der Waals surface area contributed by atoms with Crippen LogP contribution in [-0.2, 0) is 0 Å². The number of hydrogen-bond donors (Lipinski definition) is 0. The lowest BCUT2D eigenvalue weighted by Gasteiger charge is -2.14. The zero-order chi connectivity index (χ0) is 11.8. The van der Waals surface area contributed by atoms with E-state index >= 15 is 0 Å². The molecule has 0 heteroatoms. The highest BCUT2D eigenvalue weighted by molar-refractivity contribution is 5.28. The minimum absolute atomic E-state index is 1.07. The molecule has 0 spiro atoms. The van der Waals surface area contributed by atoms with Gasteiger partial charge in [0.25, 0.3) is 0 Å². The molecule has 0 N–H and O–H groups in total. The van der Waals surface area contributed by atoms with Crippen LogP contribution >= 0.6 is 0 Å². The van der Waals surface area contributed by atoms with Crippen LogP contribution in [0, 0.1) is 5.92 Å². The average Bonchev–Trinajstić information content (AvgIpc) is 2.18. The second kappa shape index (κ2) is 7.50. The van der Waals surface area contributed by atoms with Crippen molar-refractivity contribution >= 4 is 0 Å². The van der Waals surface area contributed by atoms with E-state index in [1.54, 1.807) is 0 Å². The molecule has 0 amide bonds. The summed E-state index contributed by atoms with van der Waals surface area (Å²) in [7, 11) is 0. The van der Waals surface area contributed by atoms with E-state index in [0.29, 0.717) is 0 Å². The summed E-state index contributed by atoms with van der Waals surface area (Å²) in [6.07, 6.45) is 8.90. The third-order valence-corrected chi connectivity index (χ3v) is 2.66. The molecular formula is C15H25. The fourth-order valence-electron chi connectivity index (χ4n) is 1.49. The molecule has 0 saturated heterocycles. The number of allylic oxidation sites excluding steroid dienone is 6. The van der Waals surface area contributed by atoms with Gasteiger partial charge in [-0.15, -0.1) is 0 Å². The highest BCUT2D eigenvalue weighted by Gasteiger charge is 2.07. The fraction of sp³-hybridized carbons (Fsp3) is 0.533. The first-order valence-corrected chi connectivity index (χ1v) is 5.74. The van der Waals surface area contributed by atoms with Gasteiger partial charge in [0.15, 0.2) is 0 Å². The predicted molar refractivity (Wildman–Crippen MR) is 70.8 cm³/mol. The van der Waals surface area contributed by atoms with Gasteiger partial charge in [-0.25, -0.2) is 0 Å². The van der Waals surface area contributed by atoms with Gasteiger partial charge < -0.3 is 0 Å². The van der Waals surface area contributed by atoms with Gasteiger partial charge in [-0.3, -0.25) is 0 Å². The van der Waals surface area contributed by atoms with Crippen LogP contribution in [0.2, 0.25) is 0 Å². The van der Waals surface area contributed by atoms with Gasteiger partial charge in [-0.2, -0.15) is 0 Å². The minimum Gasteiger partial charge on any atom is -0.0887 e. The molecule has 0 atom stereocenters. The highest BCUT2D eigenvalue weighted by Crippen LogP contribution is 2.24. The molecule has 0 aliphatic rings. The van der Waals surface area contributed by atoms with Crippen molar-refractivity contribution in [1.29, 1.82) is 0 Å². The van der Waals surface area contributed by atoms with E-state index in [2.05, 4.69) is 59.8 Å². The van der Waals surface area contributed by atoms with E-state index in [0.717, 1.165) is 12.8 Å². The van der Waals surface area contributed by atoms with E-state index in [4.69, 9.17) is 0 Å². The summed E-state index contributed by atoms with van der Waals surface area (Å²) in [5, 5.41) is 0. The Labute approximate surface area is 95.8 Å². The molecule has 0 fully saturated rings. The molecule has 15 heavy (non-hydrogen) atoms. The van der Waals surface area contributed by atoms with Crippen molar-refractivity contribution in [2.24, 2.45) is 0 Å². The summed E-state index contributed by atoms with van der Waals surface area (Å²) < 4.78 is 0. The van der Waals surface area contributed by atoms with Gasteiger partial charge in [0.1, 0.15) is 0 Å². The van der Waals surface area contributed by atoms with Gasteiger partial charge in [-0.05, 0) is 47.5 Å². The minimum atomic E-state index is 1.07. The Morgan fingerprint density at radius 3 is 1.93 bits per heavy atom. The fourth-order valence-corrected chi connectivity index (χ4v) is 1.49. The lowest BCUT2D eigenvalue weighted by Crippen LogP contribution is -1.97. The maximum absolute atomic E-state index is 2.30. The molecule has 85 valence electrons. The number of hydrogen-bond acceptors (Lipinski definition) is 0. The van der Waals surface area contributed by atoms with E-state index in [-0.39, 0.29) is 0 Å². The highest BCUT2D eigenvalue weighted by atomic mass is 14.1. The maximum Gasteiger partial charge on any atom is 0.00177 e. The summed E-state index contributed by atoms with van der Waals surface area (Å²) in [6, 6.07) is 0. The molecular weight excluding hydrogens is 180 g/mol. The van der Waals surface area contributed by atoms with Crippen LogP contribution in [0.3, 0.4) is 0 Å². The van der Waals surface area contributed by atoms with E-state index < -0.39 is 0 Å². The molecule has 0 heterocycles. The first-order valence-electron chi connectivity index (χ1n) is 5.74. The standard InChI is InChI=1S/C15H25/c1-7-13(5)11-14(6)15(8-2)10-9-12(3)4/h7-9H,10-11H2,1-6H3. The molecule has 0 nitrogen and oxygen atoms in total. The molecule has 0 bridgehead atoms. The van der Waals surface area contributed by atoms with Gasteiger partial charge in [-0.1, -0.05) is 41.9 Å². The van der Waals surface area contributed by atoms with E-state index in [9.17, 15) is 0 Å². The molecule has 1 radical (unpaired) electrons. The first-order chi connectivity index (χ1) is 7.01. The normalized spacial score (nSPS) is 13.3. The maximum atomic E-state index is 2.30. The Hall–Kier alpha value is -0.780. The SMILES string of the molecule is CC=C(C)C[C](C)C(=CC)CC=C(C)C. The van der Waals surface area contributed by atoms with Crippen molar-refractivity contribution < 1.29 is 0 Å². The van der Waals surface area contributed by atoms with Crippen LogP contribution in [0.25, 0.3) is 0 Å². The van der Waals surface area contributed by atoms with E-state index in [1.165, 1.54) is 22.6 Å². The lowest BCUT2D eigenvalue weighted by molar-refractivity contribution is 0.921. The largest absolute Gasteiger partial charge is 0.0887 e. The molecule has 0 aromatic heterocycles. The third kappa shape index (κ3) is 6.33. The van der Waals surface area contributed by atoms with Crippen LogP contribution in [0.4, 0.5) is 0 Å². The van der Waals surface area contributed by atoms with Crippen molar-refractivity contribution in [3.05, 3.63) is 40.9 Å². The molecule has 0 aliphatic heterocycles. The first kappa shape index (κ1) is 14.2. The van der Waals surface area contributed by atoms with Crippen LogP contribution < -0.4 is 0 Å². The third-order valence-electron chi connectivity index (χ3n) is 2.66. The average molecular weight is 205 g/mol. The second-order valence-electron chi connectivity index (χ2n) is 4.39. The summed E-state index contributed by atoms with van der Waals surface area (Å²) >= 11 is 0. The summed E-state index contributed by atoms with van der Waals surface area (Å²) in [5.41, 5.74) is 4.31. The van der Waals surface area contributed by atoms with Crippen LogP contribution in [-0.4, -0.2) is 0 Å². The molecule has 0 rings (SSSR count). The zero-order valence-corrected chi connectivity index (χ0v) is 11.1. The quantitative estimate of drug-likeness (QED) is 0.538. The van der Waals surface area contributed by atoms with Crippen molar-refractivity contribution in [1.82, 2.24) is 0 Å². The van der Waals surface area contributed by atoms with Gasteiger partial charge >= 0.3 is 0 Å². The monoisotopic (exact) mass is 205 g/mol. The second-order valence-corrected chi connectivity index (χ2v) is 4.39. The summed E-state index contributed by atoms with van der Waals surface area (Å²) in [6.45, 7) is 13.0. The molecule has 0 aromatic carbocycles. The predicted octanol–water partition coefficient (Wildman–Crippen LogP) is 5.24. The molecule has 0 saturated carbocycles. The summed E-state index contributed by atoms with van der Waals surface area (Å²) in [4.78, 5) is 0. The van der Waals surface area contributed by atoms with Crippen LogP contribution in [0.1, 0.15) is 54.4 Å². The van der Waals surface area contributed by atoms with Crippen molar-refractivity contribution in [3.63, 3.8) is 0 Å².